The first-order valence-corrected chi connectivity index (χ1v) is 8.94. The Morgan fingerprint density at radius 2 is 2.08 bits per heavy atom. The molecule has 4 rings (SSSR count). The van der Waals surface area contributed by atoms with Gasteiger partial charge < -0.3 is 9.42 Å². The Balaban J connectivity index is 1.51. The van der Waals surface area contributed by atoms with Crippen molar-refractivity contribution in [2.24, 2.45) is 0 Å². The Morgan fingerprint density at radius 1 is 1.23 bits per heavy atom. The predicted octanol–water partition coefficient (Wildman–Crippen LogP) is 4.07. The second-order valence-corrected chi connectivity index (χ2v) is 6.79. The molecule has 0 atom stereocenters. The lowest BCUT2D eigenvalue weighted by atomic mass is 10.1. The van der Waals surface area contributed by atoms with Crippen molar-refractivity contribution in [3.8, 4) is 21.8 Å². The Hall–Kier alpha value is -3.19. The van der Waals surface area contributed by atoms with E-state index < -0.39 is 0 Å². The number of hydrogen-bond donors (Lipinski definition) is 1. The summed E-state index contributed by atoms with van der Waals surface area (Å²) >= 11 is 1.56. The third-order valence-corrected chi connectivity index (χ3v) is 4.89. The molecule has 6 nitrogen and oxygen atoms in total. The number of carbonyl (C=O) groups excluding carboxylic acids is 1. The van der Waals surface area contributed by atoms with Gasteiger partial charge in [-0.05, 0) is 11.4 Å². The summed E-state index contributed by atoms with van der Waals surface area (Å²) < 4.78 is 5.39. The van der Waals surface area contributed by atoms with Gasteiger partial charge in [0, 0.05) is 18.7 Å². The molecule has 0 radical (unpaired) electrons. The quantitative estimate of drug-likeness (QED) is 0.579. The van der Waals surface area contributed by atoms with Crippen LogP contribution < -0.4 is 0 Å². The first-order valence-electron chi connectivity index (χ1n) is 8.06. The number of benzene rings is 1. The fourth-order valence-corrected chi connectivity index (χ4v) is 3.43. The molecule has 1 aromatic carbocycles. The van der Waals surface area contributed by atoms with Crippen molar-refractivity contribution in [1.29, 1.82) is 0 Å². The minimum Gasteiger partial charge on any atom is -0.359 e. The molecular formula is C19H16N4O2S. The number of aromatic amines is 1. The van der Waals surface area contributed by atoms with Gasteiger partial charge in [-0.1, -0.05) is 41.6 Å². The van der Waals surface area contributed by atoms with Crippen molar-refractivity contribution in [3.05, 3.63) is 71.4 Å². The number of hydrogen-bond acceptors (Lipinski definition) is 5. The van der Waals surface area contributed by atoms with Crippen molar-refractivity contribution in [3.63, 3.8) is 0 Å². The van der Waals surface area contributed by atoms with Crippen LogP contribution in [0.1, 0.15) is 16.1 Å². The second kappa shape index (κ2) is 6.97. The lowest BCUT2D eigenvalue weighted by Gasteiger charge is -2.14. The number of aromatic nitrogens is 3. The normalized spacial score (nSPS) is 10.8. The highest BCUT2D eigenvalue weighted by Crippen LogP contribution is 2.27. The number of nitrogens with zero attached hydrogens (tertiary/aromatic N) is 3. The van der Waals surface area contributed by atoms with Gasteiger partial charge in [0.1, 0.15) is 5.69 Å². The molecule has 4 aromatic rings. The van der Waals surface area contributed by atoms with Gasteiger partial charge in [0.05, 0.1) is 28.9 Å². The van der Waals surface area contributed by atoms with Crippen molar-refractivity contribution in [2.75, 3.05) is 7.05 Å². The first-order chi connectivity index (χ1) is 12.7. The maximum Gasteiger partial charge on any atom is 0.257 e. The molecule has 0 aliphatic carbocycles. The van der Waals surface area contributed by atoms with Crippen LogP contribution in [-0.4, -0.2) is 33.2 Å². The zero-order valence-corrected chi connectivity index (χ0v) is 14.9. The monoisotopic (exact) mass is 364 g/mol. The van der Waals surface area contributed by atoms with Gasteiger partial charge in [-0.3, -0.25) is 9.89 Å². The van der Waals surface area contributed by atoms with E-state index in [1.807, 2.05) is 53.9 Å². The summed E-state index contributed by atoms with van der Waals surface area (Å²) in [6.07, 6.45) is 1.56. The molecule has 130 valence electrons. The van der Waals surface area contributed by atoms with Gasteiger partial charge in [0.25, 0.3) is 5.91 Å². The van der Waals surface area contributed by atoms with E-state index in [1.54, 1.807) is 29.5 Å². The second-order valence-electron chi connectivity index (χ2n) is 5.84. The number of rotatable bonds is 5. The number of nitrogens with one attached hydrogen (secondary N) is 1. The average Bonchev–Trinajstić information content (AvgIpc) is 3.42. The fraction of sp³-hybridized carbons (Fsp3) is 0.105. The van der Waals surface area contributed by atoms with Crippen LogP contribution in [0, 0.1) is 0 Å². The maximum absolute atomic E-state index is 12.8. The van der Waals surface area contributed by atoms with Gasteiger partial charge in [-0.2, -0.15) is 5.10 Å². The summed E-state index contributed by atoms with van der Waals surface area (Å²) in [7, 11) is 1.73. The Morgan fingerprint density at radius 3 is 2.85 bits per heavy atom. The Kier molecular flexibility index (Phi) is 4.37. The molecule has 0 unspecified atom stereocenters. The van der Waals surface area contributed by atoms with Crippen molar-refractivity contribution in [1.82, 2.24) is 20.3 Å². The minimum atomic E-state index is -0.125. The summed E-state index contributed by atoms with van der Waals surface area (Å²) in [5.74, 6) is 0.501. The Bertz CT molecular complexity index is 1010. The lowest BCUT2D eigenvalue weighted by Crippen LogP contribution is -2.26. The third kappa shape index (κ3) is 3.16. The van der Waals surface area contributed by atoms with Crippen LogP contribution in [0.5, 0.6) is 0 Å². The largest absolute Gasteiger partial charge is 0.359 e. The number of H-pyrrole nitrogens is 1. The molecule has 0 bridgehead atoms. The average molecular weight is 364 g/mol. The van der Waals surface area contributed by atoms with Gasteiger partial charge in [0.2, 0.25) is 0 Å². The molecular weight excluding hydrogens is 348 g/mol. The molecule has 0 saturated carbocycles. The molecule has 0 aliphatic heterocycles. The Labute approximate surface area is 154 Å². The number of amides is 1. The van der Waals surface area contributed by atoms with E-state index in [9.17, 15) is 4.79 Å². The lowest BCUT2D eigenvalue weighted by molar-refractivity contribution is 0.0773. The van der Waals surface area contributed by atoms with E-state index >= 15 is 0 Å². The first kappa shape index (κ1) is 16.3. The topological polar surface area (TPSA) is 75.0 Å². The highest BCUT2D eigenvalue weighted by molar-refractivity contribution is 7.13. The molecule has 0 spiro atoms. The van der Waals surface area contributed by atoms with E-state index in [4.69, 9.17) is 4.52 Å². The van der Waals surface area contributed by atoms with E-state index in [0.29, 0.717) is 17.9 Å². The summed E-state index contributed by atoms with van der Waals surface area (Å²) in [5.41, 5.74) is 3.01. The SMILES string of the molecule is CN(Cc1cc(-c2ccccc2)no1)C(=O)c1cn[nH]c1-c1cccs1. The van der Waals surface area contributed by atoms with Crippen LogP contribution in [0.25, 0.3) is 21.8 Å². The summed E-state index contributed by atoms with van der Waals surface area (Å²) in [6, 6.07) is 15.5. The molecule has 3 aromatic heterocycles. The standard InChI is InChI=1S/C19H16N4O2S/c1-23(12-14-10-16(22-25-14)13-6-3-2-4-7-13)19(24)15-11-20-21-18(15)17-8-5-9-26-17/h2-11H,12H2,1H3,(H,20,21). The maximum atomic E-state index is 12.8. The van der Waals surface area contributed by atoms with Crippen LogP contribution in [0.4, 0.5) is 0 Å². The van der Waals surface area contributed by atoms with Crippen LogP contribution in [0.3, 0.4) is 0 Å². The molecule has 7 heteroatoms. The molecule has 1 amide bonds. The zero-order chi connectivity index (χ0) is 17.9. The van der Waals surface area contributed by atoms with Gasteiger partial charge in [0.15, 0.2) is 5.76 Å². The molecule has 0 saturated heterocycles. The van der Waals surface area contributed by atoms with Gasteiger partial charge in [-0.25, -0.2) is 0 Å². The van der Waals surface area contributed by atoms with Crippen molar-refractivity contribution < 1.29 is 9.32 Å². The highest BCUT2D eigenvalue weighted by Gasteiger charge is 2.20. The summed E-state index contributed by atoms with van der Waals surface area (Å²) in [6.45, 7) is 0.327. The van der Waals surface area contributed by atoms with Crippen LogP contribution >= 0.6 is 11.3 Å². The smallest absolute Gasteiger partial charge is 0.257 e. The fourth-order valence-electron chi connectivity index (χ4n) is 2.70. The van der Waals surface area contributed by atoms with Gasteiger partial charge >= 0.3 is 0 Å². The zero-order valence-electron chi connectivity index (χ0n) is 14.0. The molecule has 0 aliphatic rings. The van der Waals surface area contributed by atoms with Crippen LogP contribution in [0.15, 0.2) is 64.6 Å². The van der Waals surface area contributed by atoms with Crippen LogP contribution in [-0.2, 0) is 6.54 Å². The van der Waals surface area contributed by atoms with Gasteiger partial charge in [-0.15, -0.1) is 11.3 Å². The van der Waals surface area contributed by atoms with Crippen LogP contribution in [0.2, 0.25) is 0 Å². The van der Waals surface area contributed by atoms with E-state index in [2.05, 4.69) is 15.4 Å². The minimum absolute atomic E-state index is 0.125. The molecule has 3 heterocycles. The van der Waals surface area contributed by atoms with E-state index in [0.717, 1.165) is 21.8 Å². The molecule has 1 N–H and O–H groups in total. The summed E-state index contributed by atoms with van der Waals surface area (Å²) in [5, 5.41) is 13.0. The predicted molar refractivity (Wildman–Crippen MR) is 99.6 cm³/mol. The molecule has 26 heavy (non-hydrogen) atoms. The van der Waals surface area contributed by atoms with Crippen molar-refractivity contribution in [2.45, 2.75) is 6.54 Å². The van der Waals surface area contributed by atoms with Crippen molar-refractivity contribution >= 4 is 17.2 Å². The van der Waals surface area contributed by atoms with E-state index in [1.165, 1.54) is 0 Å². The number of carbonyl (C=O) groups is 1. The molecule has 0 fully saturated rings. The summed E-state index contributed by atoms with van der Waals surface area (Å²) in [4.78, 5) is 15.4. The number of thiophene rings is 1. The van der Waals surface area contributed by atoms with E-state index in [-0.39, 0.29) is 5.91 Å². The highest BCUT2D eigenvalue weighted by atomic mass is 32.1. The third-order valence-electron chi connectivity index (χ3n) is 4.01.